The summed E-state index contributed by atoms with van der Waals surface area (Å²) in [4.78, 5) is 23.8. The lowest BCUT2D eigenvalue weighted by Crippen LogP contribution is -2.14. The number of hydrogen-bond donors (Lipinski definition) is 1. The van der Waals surface area contributed by atoms with Gasteiger partial charge in [0.1, 0.15) is 5.82 Å². The van der Waals surface area contributed by atoms with Gasteiger partial charge in [-0.05, 0) is 55.3 Å². The number of benzene rings is 3. The second kappa shape index (κ2) is 9.36. The molecule has 0 amide bonds. The molecule has 0 atom stereocenters. The van der Waals surface area contributed by atoms with Gasteiger partial charge in [-0.1, -0.05) is 49.6 Å². The molecule has 0 saturated heterocycles. The quantitative estimate of drug-likeness (QED) is 0.282. The van der Waals surface area contributed by atoms with E-state index >= 15 is 0 Å². The van der Waals surface area contributed by atoms with Gasteiger partial charge in [0.25, 0.3) is 0 Å². The second-order valence-corrected chi connectivity index (χ2v) is 10.1. The van der Waals surface area contributed by atoms with E-state index in [0.717, 1.165) is 63.1 Å². The van der Waals surface area contributed by atoms with Crippen LogP contribution < -0.4 is 4.90 Å². The summed E-state index contributed by atoms with van der Waals surface area (Å²) in [6, 6.07) is 24.4. The van der Waals surface area contributed by atoms with Crippen molar-refractivity contribution in [2.45, 2.75) is 38.1 Å². The van der Waals surface area contributed by atoms with E-state index in [1.165, 1.54) is 19.3 Å². The Balaban J connectivity index is 1.55. The number of pyridine rings is 1. The first-order valence-corrected chi connectivity index (χ1v) is 12.9. The summed E-state index contributed by atoms with van der Waals surface area (Å²) in [5.74, 6) is -0.0412. The van der Waals surface area contributed by atoms with Gasteiger partial charge in [0.15, 0.2) is 0 Å². The number of anilines is 1. The molecule has 0 bridgehead atoms. The van der Waals surface area contributed by atoms with Crippen LogP contribution in [0.15, 0.2) is 72.8 Å². The summed E-state index contributed by atoms with van der Waals surface area (Å²) in [6.45, 7) is 0. The number of aromatic nitrogens is 3. The first-order valence-electron chi connectivity index (χ1n) is 12.9. The molecule has 186 valence electrons. The van der Waals surface area contributed by atoms with Gasteiger partial charge in [-0.25, -0.2) is 14.8 Å². The number of nitrogens with zero attached hydrogens (tertiary/aromatic N) is 4. The van der Waals surface area contributed by atoms with Crippen molar-refractivity contribution in [3.05, 3.63) is 78.4 Å². The van der Waals surface area contributed by atoms with Gasteiger partial charge < -0.3 is 14.6 Å². The minimum atomic E-state index is -0.933. The van der Waals surface area contributed by atoms with Gasteiger partial charge in [0.2, 0.25) is 0 Å². The summed E-state index contributed by atoms with van der Waals surface area (Å²) >= 11 is 0. The molecule has 1 N–H and O–H groups in total. The smallest absolute Gasteiger partial charge is 0.335 e. The van der Waals surface area contributed by atoms with Crippen LogP contribution in [0, 0.1) is 0 Å². The SMILES string of the molecule is CN(C)c1cc(-c2ccccc2)nc2ccc(-c3nc4cc(C(=O)O)ccc4n3C3CCCCC3)cc12. The summed E-state index contributed by atoms with van der Waals surface area (Å²) in [6.07, 6.45) is 5.88. The van der Waals surface area contributed by atoms with Gasteiger partial charge in [0, 0.05) is 42.3 Å². The van der Waals surface area contributed by atoms with Crippen molar-refractivity contribution in [3.8, 4) is 22.6 Å². The normalized spacial score (nSPS) is 14.3. The molecule has 1 aliphatic carbocycles. The standard InChI is InChI=1S/C31H30N4O2/c1-34(2)29-19-26(20-9-5-3-6-10-20)32-25-15-13-21(17-24(25)29)30-33-27-18-22(31(36)37)14-16-28(27)35(30)23-11-7-4-8-12-23/h3,5-6,9-10,13-19,23H,4,7-8,11-12H2,1-2H3,(H,36,37). The highest BCUT2D eigenvalue weighted by Gasteiger charge is 2.23. The monoisotopic (exact) mass is 490 g/mol. The molecule has 2 heterocycles. The predicted molar refractivity (Wildman–Crippen MR) is 149 cm³/mol. The van der Waals surface area contributed by atoms with Crippen LogP contribution in [0.5, 0.6) is 0 Å². The highest BCUT2D eigenvalue weighted by Crippen LogP contribution is 2.38. The topological polar surface area (TPSA) is 71.2 Å². The first-order chi connectivity index (χ1) is 18.0. The Bertz CT molecular complexity index is 1620. The lowest BCUT2D eigenvalue weighted by Gasteiger charge is -2.26. The number of fused-ring (bicyclic) bond motifs is 2. The molecule has 5 aromatic rings. The Labute approximate surface area is 216 Å². The molecule has 37 heavy (non-hydrogen) atoms. The number of aromatic carboxylic acids is 1. The van der Waals surface area contributed by atoms with Gasteiger partial charge in [-0.2, -0.15) is 0 Å². The van der Waals surface area contributed by atoms with E-state index in [1.807, 2.05) is 24.3 Å². The summed E-state index contributed by atoms with van der Waals surface area (Å²) < 4.78 is 2.35. The fourth-order valence-corrected chi connectivity index (χ4v) is 5.62. The number of hydrogen-bond acceptors (Lipinski definition) is 4. The fourth-order valence-electron chi connectivity index (χ4n) is 5.62. The van der Waals surface area contributed by atoms with Crippen molar-refractivity contribution in [2.75, 3.05) is 19.0 Å². The zero-order valence-corrected chi connectivity index (χ0v) is 21.2. The lowest BCUT2D eigenvalue weighted by atomic mass is 9.94. The van der Waals surface area contributed by atoms with Crippen LogP contribution in [0.3, 0.4) is 0 Å². The Hall–Kier alpha value is -4.19. The zero-order chi connectivity index (χ0) is 25.5. The van der Waals surface area contributed by atoms with Crippen LogP contribution in [-0.4, -0.2) is 39.7 Å². The molecule has 6 nitrogen and oxygen atoms in total. The van der Waals surface area contributed by atoms with E-state index in [0.29, 0.717) is 6.04 Å². The van der Waals surface area contributed by atoms with Gasteiger partial charge >= 0.3 is 5.97 Å². The Morgan fingerprint density at radius 1 is 0.865 bits per heavy atom. The molecule has 2 aromatic heterocycles. The Kier molecular flexibility index (Phi) is 5.87. The molecule has 1 fully saturated rings. The number of rotatable bonds is 5. The van der Waals surface area contributed by atoms with E-state index in [-0.39, 0.29) is 5.56 Å². The van der Waals surface area contributed by atoms with Crippen molar-refractivity contribution in [2.24, 2.45) is 0 Å². The Morgan fingerprint density at radius 3 is 2.38 bits per heavy atom. The minimum absolute atomic E-state index is 0.262. The average Bonchev–Trinajstić information content (AvgIpc) is 3.32. The van der Waals surface area contributed by atoms with Crippen LogP contribution >= 0.6 is 0 Å². The summed E-state index contributed by atoms with van der Waals surface area (Å²) in [5.41, 5.74) is 7.07. The van der Waals surface area contributed by atoms with Crippen LogP contribution in [0.25, 0.3) is 44.6 Å². The van der Waals surface area contributed by atoms with E-state index in [9.17, 15) is 9.90 Å². The third kappa shape index (κ3) is 4.22. The van der Waals surface area contributed by atoms with Crippen LogP contribution in [0.2, 0.25) is 0 Å². The molecule has 1 aliphatic rings. The molecule has 6 heteroatoms. The first kappa shape index (κ1) is 23.2. The number of imidazole rings is 1. The Morgan fingerprint density at radius 2 is 1.65 bits per heavy atom. The maximum Gasteiger partial charge on any atom is 0.335 e. The maximum atomic E-state index is 11.6. The lowest BCUT2D eigenvalue weighted by molar-refractivity contribution is 0.0697. The third-order valence-electron chi connectivity index (χ3n) is 7.47. The molecule has 0 radical (unpaired) electrons. The number of carboxylic acid groups (broad SMARTS) is 1. The molecule has 0 unspecified atom stereocenters. The van der Waals surface area contributed by atoms with E-state index < -0.39 is 5.97 Å². The van der Waals surface area contributed by atoms with E-state index in [1.54, 1.807) is 12.1 Å². The largest absolute Gasteiger partial charge is 0.478 e. The van der Waals surface area contributed by atoms with Crippen molar-refractivity contribution < 1.29 is 9.90 Å². The van der Waals surface area contributed by atoms with E-state index in [2.05, 4.69) is 60.0 Å². The molecule has 0 spiro atoms. The van der Waals surface area contributed by atoms with Gasteiger partial charge in [0.05, 0.1) is 27.8 Å². The molecule has 6 rings (SSSR count). The van der Waals surface area contributed by atoms with Crippen LogP contribution in [0.1, 0.15) is 48.5 Å². The molecule has 3 aromatic carbocycles. The van der Waals surface area contributed by atoms with Gasteiger partial charge in [-0.3, -0.25) is 0 Å². The predicted octanol–water partition coefficient (Wildman–Crippen LogP) is 7.19. The third-order valence-corrected chi connectivity index (χ3v) is 7.47. The molecular weight excluding hydrogens is 460 g/mol. The maximum absolute atomic E-state index is 11.6. The van der Waals surface area contributed by atoms with Crippen molar-refractivity contribution in [3.63, 3.8) is 0 Å². The number of carbonyl (C=O) groups is 1. The fraction of sp³-hybridized carbons (Fsp3) is 0.258. The summed E-state index contributed by atoms with van der Waals surface area (Å²) in [7, 11) is 4.11. The number of carboxylic acids is 1. The molecular formula is C31H30N4O2. The van der Waals surface area contributed by atoms with Crippen molar-refractivity contribution in [1.29, 1.82) is 0 Å². The highest BCUT2D eigenvalue weighted by atomic mass is 16.4. The zero-order valence-electron chi connectivity index (χ0n) is 21.2. The molecule has 1 saturated carbocycles. The van der Waals surface area contributed by atoms with Gasteiger partial charge in [-0.15, -0.1) is 0 Å². The second-order valence-electron chi connectivity index (χ2n) is 10.1. The van der Waals surface area contributed by atoms with E-state index in [4.69, 9.17) is 9.97 Å². The van der Waals surface area contributed by atoms with Crippen molar-refractivity contribution in [1.82, 2.24) is 14.5 Å². The van der Waals surface area contributed by atoms with Crippen LogP contribution in [0.4, 0.5) is 5.69 Å². The van der Waals surface area contributed by atoms with Crippen molar-refractivity contribution >= 4 is 33.6 Å². The minimum Gasteiger partial charge on any atom is -0.478 e. The average molecular weight is 491 g/mol. The highest BCUT2D eigenvalue weighted by molar-refractivity contribution is 5.97. The summed E-state index contributed by atoms with van der Waals surface area (Å²) in [5, 5.41) is 10.6. The molecule has 0 aliphatic heterocycles. The van der Waals surface area contributed by atoms with Crippen LogP contribution in [-0.2, 0) is 0 Å².